The number of para-hydroxylation sites is 1. The molecule has 1 aromatic heterocycles. The SMILES string of the molecule is COC(=O)c1cc(C)sc1NC(=O)C[C@@H]1Sc2ccccc2NC1=O. The first-order valence-corrected chi connectivity index (χ1v) is 9.22. The van der Waals surface area contributed by atoms with Gasteiger partial charge in [-0.1, -0.05) is 12.1 Å². The van der Waals surface area contributed by atoms with Gasteiger partial charge in [-0.3, -0.25) is 9.59 Å². The number of amides is 2. The van der Waals surface area contributed by atoms with Crippen molar-refractivity contribution in [2.75, 3.05) is 17.7 Å². The topological polar surface area (TPSA) is 84.5 Å². The van der Waals surface area contributed by atoms with Crippen molar-refractivity contribution in [2.24, 2.45) is 0 Å². The molecule has 0 radical (unpaired) electrons. The maximum Gasteiger partial charge on any atom is 0.340 e. The van der Waals surface area contributed by atoms with Gasteiger partial charge in [-0.05, 0) is 25.1 Å². The molecule has 0 bridgehead atoms. The molecule has 1 aliphatic rings. The largest absolute Gasteiger partial charge is 0.465 e. The van der Waals surface area contributed by atoms with Gasteiger partial charge in [-0.25, -0.2) is 4.79 Å². The van der Waals surface area contributed by atoms with Crippen LogP contribution in [0.25, 0.3) is 0 Å². The van der Waals surface area contributed by atoms with Crippen molar-refractivity contribution < 1.29 is 19.1 Å². The van der Waals surface area contributed by atoms with Gasteiger partial charge in [0.05, 0.1) is 23.6 Å². The van der Waals surface area contributed by atoms with Gasteiger partial charge in [0.15, 0.2) is 0 Å². The number of hydrogen-bond donors (Lipinski definition) is 2. The number of carbonyl (C=O) groups is 3. The molecule has 0 unspecified atom stereocenters. The van der Waals surface area contributed by atoms with Crippen molar-refractivity contribution in [2.45, 2.75) is 23.5 Å². The lowest BCUT2D eigenvalue weighted by Crippen LogP contribution is -2.32. The van der Waals surface area contributed by atoms with Gasteiger partial charge in [0, 0.05) is 16.2 Å². The molecule has 2 aromatic rings. The summed E-state index contributed by atoms with van der Waals surface area (Å²) in [6, 6.07) is 9.14. The van der Waals surface area contributed by atoms with E-state index in [0.29, 0.717) is 10.6 Å². The van der Waals surface area contributed by atoms with Gasteiger partial charge >= 0.3 is 5.97 Å². The predicted molar refractivity (Wildman–Crippen MR) is 98.4 cm³/mol. The Morgan fingerprint density at radius 3 is 2.84 bits per heavy atom. The van der Waals surface area contributed by atoms with Crippen LogP contribution in [0.2, 0.25) is 0 Å². The molecular weight excluding hydrogens is 360 g/mol. The molecule has 0 spiro atoms. The number of benzene rings is 1. The fourth-order valence-electron chi connectivity index (χ4n) is 2.44. The molecule has 2 amide bonds. The van der Waals surface area contributed by atoms with Gasteiger partial charge in [0.1, 0.15) is 5.00 Å². The number of thiophene rings is 1. The molecule has 0 saturated carbocycles. The minimum Gasteiger partial charge on any atom is -0.465 e. The molecule has 0 aliphatic carbocycles. The fourth-order valence-corrected chi connectivity index (χ4v) is 4.47. The second kappa shape index (κ2) is 7.28. The Morgan fingerprint density at radius 1 is 1.32 bits per heavy atom. The minimum absolute atomic E-state index is 0.0163. The number of nitrogens with one attached hydrogen (secondary N) is 2. The number of hydrogen-bond acceptors (Lipinski definition) is 6. The molecule has 2 heterocycles. The average molecular weight is 376 g/mol. The highest BCUT2D eigenvalue weighted by atomic mass is 32.2. The summed E-state index contributed by atoms with van der Waals surface area (Å²) in [7, 11) is 1.29. The van der Waals surface area contributed by atoms with E-state index < -0.39 is 11.2 Å². The van der Waals surface area contributed by atoms with Crippen molar-refractivity contribution >= 4 is 51.6 Å². The van der Waals surface area contributed by atoms with Crippen LogP contribution in [-0.2, 0) is 14.3 Å². The average Bonchev–Trinajstić information content (AvgIpc) is 2.95. The second-order valence-corrected chi connectivity index (χ2v) is 7.94. The molecule has 3 rings (SSSR count). The molecule has 0 fully saturated rings. The maximum atomic E-state index is 12.4. The molecule has 2 N–H and O–H groups in total. The Labute approximate surface area is 152 Å². The van der Waals surface area contributed by atoms with Gasteiger partial charge in [-0.2, -0.15) is 0 Å². The first kappa shape index (κ1) is 17.5. The Morgan fingerprint density at radius 2 is 2.08 bits per heavy atom. The molecule has 6 nitrogen and oxygen atoms in total. The number of fused-ring (bicyclic) bond motifs is 1. The lowest BCUT2D eigenvalue weighted by Gasteiger charge is -2.23. The van der Waals surface area contributed by atoms with Gasteiger partial charge in [-0.15, -0.1) is 23.1 Å². The number of methoxy groups -OCH3 is 1. The van der Waals surface area contributed by atoms with Crippen molar-refractivity contribution in [1.82, 2.24) is 0 Å². The van der Waals surface area contributed by atoms with Crippen molar-refractivity contribution in [3.63, 3.8) is 0 Å². The zero-order chi connectivity index (χ0) is 18.0. The zero-order valence-electron chi connectivity index (χ0n) is 13.6. The predicted octanol–water partition coefficient (Wildman–Crippen LogP) is 3.28. The molecule has 1 atom stereocenters. The Bertz CT molecular complexity index is 847. The first-order chi connectivity index (χ1) is 12.0. The summed E-state index contributed by atoms with van der Waals surface area (Å²) in [6.45, 7) is 1.84. The first-order valence-electron chi connectivity index (χ1n) is 7.53. The van der Waals surface area contributed by atoms with E-state index in [4.69, 9.17) is 4.74 Å². The monoisotopic (exact) mass is 376 g/mol. The summed E-state index contributed by atoms with van der Waals surface area (Å²) >= 11 is 2.66. The number of thioether (sulfide) groups is 1. The van der Waals surface area contributed by atoms with Crippen LogP contribution in [0.1, 0.15) is 21.7 Å². The Hall–Kier alpha value is -2.32. The van der Waals surface area contributed by atoms with Crippen LogP contribution < -0.4 is 10.6 Å². The molecule has 25 heavy (non-hydrogen) atoms. The maximum absolute atomic E-state index is 12.4. The Kier molecular flexibility index (Phi) is 5.10. The number of aryl methyl sites for hydroxylation is 1. The summed E-state index contributed by atoms with van der Waals surface area (Å²) in [6.07, 6.45) is 0.0163. The van der Waals surface area contributed by atoms with Crippen LogP contribution in [0, 0.1) is 6.92 Å². The summed E-state index contributed by atoms with van der Waals surface area (Å²) in [5.41, 5.74) is 1.08. The molecule has 1 aliphatic heterocycles. The number of anilines is 2. The normalized spacial score (nSPS) is 15.9. The minimum atomic E-state index is -0.516. The lowest BCUT2D eigenvalue weighted by atomic mass is 10.2. The van der Waals surface area contributed by atoms with E-state index >= 15 is 0 Å². The highest BCUT2D eigenvalue weighted by molar-refractivity contribution is 8.01. The van der Waals surface area contributed by atoms with Gasteiger partial charge < -0.3 is 15.4 Å². The van der Waals surface area contributed by atoms with Crippen molar-refractivity contribution in [3.8, 4) is 0 Å². The van der Waals surface area contributed by atoms with E-state index in [9.17, 15) is 14.4 Å². The van der Waals surface area contributed by atoms with E-state index in [1.807, 2.05) is 31.2 Å². The Balaban J connectivity index is 1.70. The van der Waals surface area contributed by atoms with E-state index in [0.717, 1.165) is 15.5 Å². The third-order valence-electron chi connectivity index (χ3n) is 3.59. The summed E-state index contributed by atoms with van der Waals surface area (Å²) in [5, 5.41) is 5.46. The van der Waals surface area contributed by atoms with E-state index in [-0.39, 0.29) is 18.2 Å². The zero-order valence-corrected chi connectivity index (χ0v) is 15.3. The quantitative estimate of drug-likeness (QED) is 0.800. The molecule has 1 aromatic carbocycles. The third-order valence-corrected chi connectivity index (χ3v) is 5.83. The van der Waals surface area contributed by atoms with Crippen LogP contribution in [0.3, 0.4) is 0 Å². The van der Waals surface area contributed by atoms with Crippen molar-refractivity contribution in [3.05, 3.63) is 40.8 Å². The van der Waals surface area contributed by atoms with Crippen LogP contribution in [0.4, 0.5) is 10.7 Å². The highest BCUT2D eigenvalue weighted by Crippen LogP contribution is 2.37. The van der Waals surface area contributed by atoms with E-state index in [1.54, 1.807) is 6.07 Å². The van der Waals surface area contributed by atoms with Crippen LogP contribution in [0.5, 0.6) is 0 Å². The number of esters is 1. The van der Waals surface area contributed by atoms with Crippen molar-refractivity contribution in [1.29, 1.82) is 0 Å². The summed E-state index contributed by atoms with van der Waals surface area (Å²) in [4.78, 5) is 38.1. The van der Waals surface area contributed by atoms with Gasteiger partial charge in [0.25, 0.3) is 0 Å². The molecule has 8 heteroatoms. The van der Waals surface area contributed by atoms with E-state index in [1.165, 1.54) is 30.2 Å². The van der Waals surface area contributed by atoms with Crippen LogP contribution in [-0.4, -0.2) is 30.1 Å². The van der Waals surface area contributed by atoms with Crippen LogP contribution >= 0.6 is 23.1 Å². The fraction of sp³-hybridized carbons (Fsp3) is 0.235. The smallest absolute Gasteiger partial charge is 0.340 e. The molecule has 0 saturated heterocycles. The van der Waals surface area contributed by atoms with Gasteiger partial charge in [0.2, 0.25) is 11.8 Å². The third kappa shape index (κ3) is 3.85. The van der Waals surface area contributed by atoms with E-state index in [2.05, 4.69) is 10.6 Å². The van der Waals surface area contributed by atoms with Crippen LogP contribution in [0.15, 0.2) is 35.2 Å². The standard InChI is InChI=1S/C17H16N2O4S2/c1-9-7-10(17(22)23-2)16(24-9)19-14(20)8-13-15(21)18-11-5-3-4-6-12(11)25-13/h3-7,13H,8H2,1-2H3,(H,18,21)(H,19,20)/t13-/m0/s1. The summed E-state index contributed by atoms with van der Waals surface area (Å²) < 4.78 is 4.73. The number of ether oxygens (including phenoxy) is 1. The number of rotatable bonds is 4. The number of carbonyl (C=O) groups excluding carboxylic acids is 3. The molecule has 130 valence electrons. The lowest BCUT2D eigenvalue weighted by molar-refractivity contribution is -0.120. The summed E-state index contributed by atoms with van der Waals surface area (Å²) in [5.74, 6) is -1.02. The highest BCUT2D eigenvalue weighted by Gasteiger charge is 2.29. The molecular formula is C17H16N2O4S2. The second-order valence-electron chi connectivity index (χ2n) is 5.44.